The summed E-state index contributed by atoms with van der Waals surface area (Å²) in [6, 6.07) is 17.8. The van der Waals surface area contributed by atoms with Gasteiger partial charge in [-0.25, -0.2) is 9.50 Å². The zero-order valence-corrected chi connectivity index (χ0v) is 34.2. The first kappa shape index (κ1) is 38.8. The van der Waals surface area contributed by atoms with Gasteiger partial charge in [0.25, 0.3) is 5.91 Å². The monoisotopic (exact) mass is 816 g/mol. The number of rotatable bonds is 9. The number of carbonyl (C=O) groups excluding carboxylic acids is 3. The summed E-state index contributed by atoms with van der Waals surface area (Å²) < 4.78 is 14.4. The highest BCUT2D eigenvalue weighted by atomic mass is 35.5. The molecule has 2 aromatic carbocycles. The van der Waals surface area contributed by atoms with Gasteiger partial charge in [0.1, 0.15) is 11.5 Å². The lowest BCUT2D eigenvalue weighted by Gasteiger charge is -2.51. The van der Waals surface area contributed by atoms with E-state index < -0.39 is 5.92 Å². The van der Waals surface area contributed by atoms with Crippen molar-refractivity contribution in [3.63, 3.8) is 0 Å². The number of hydrogen-bond donors (Lipinski definition) is 3. The number of anilines is 3. The van der Waals surface area contributed by atoms with Gasteiger partial charge in [0, 0.05) is 49.4 Å². The van der Waals surface area contributed by atoms with Crippen molar-refractivity contribution < 1.29 is 23.9 Å². The van der Waals surface area contributed by atoms with Crippen LogP contribution in [0.4, 0.5) is 17.2 Å². The van der Waals surface area contributed by atoms with E-state index in [2.05, 4.69) is 38.0 Å². The highest BCUT2D eigenvalue weighted by Crippen LogP contribution is 2.53. The molecule has 1 spiro atoms. The molecule has 0 bridgehead atoms. The van der Waals surface area contributed by atoms with Gasteiger partial charge in [-0.3, -0.25) is 24.7 Å². The molecule has 14 heteroatoms. The van der Waals surface area contributed by atoms with Crippen LogP contribution in [0.1, 0.15) is 98.2 Å². The topological polar surface area (TPSA) is 152 Å². The Morgan fingerprint density at radius 1 is 0.898 bits per heavy atom. The van der Waals surface area contributed by atoms with Gasteiger partial charge in [-0.05, 0) is 104 Å². The molecule has 3 aromatic heterocycles. The fourth-order valence-electron chi connectivity index (χ4n) is 9.03. The van der Waals surface area contributed by atoms with Crippen LogP contribution in [-0.4, -0.2) is 70.2 Å². The standard InChI is InChI=1S/C42H43ClN8O5.C3H6/c1-44-34-19-37(49-51-36(41(54)45-2)23-47-39(34)51)50-17-14-29-28(4-3-5-35(29)50)33-10-7-26(22-46-33)56-27-20-42(21-27)15-12-24(13-16-42)55-25-6-9-32(43)31(18-25)30-8-11-38(52)48-40(30)53;1-2-3-1/h3-7,9-10,18-19,22-24,27,30,44H,8,11-17,20-21H2,1-2H3,(H,45,54)(H,48,52,53);1-3H2. The average Bonchev–Trinajstić information content (AvgIpc) is 3.96. The molecule has 0 radical (unpaired) electrons. The second-order valence-corrected chi connectivity index (χ2v) is 16.8. The lowest BCUT2D eigenvalue weighted by molar-refractivity contribution is -0.134. The molecule has 2 aliphatic heterocycles. The molecule has 3 N–H and O–H groups in total. The fraction of sp³-hybridized carbons (Fsp3) is 0.422. The smallest absolute Gasteiger partial charge is 0.271 e. The maximum atomic E-state index is 12.5. The summed E-state index contributed by atoms with van der Waals surface area (Å²) in [7, 11) is 3.43. The highest BCUT2D eigenvalue weighted by molar-refractivity contribution is 6.31. The molecule has 5 heterocycles. The highest BCUT2D eigenvalue weighted by Gasteiger charge is 2.47. The number of ether oxygens (including phenoxy) is 2. The van der Waals surface area contributed by atoms with E-state index in [9.17, 15) is 14.4 Å². The second-order valence-electron chi connectivity index (χ2n) is 16.4. The molecule has 3 saturated carbocycles. The largest absolute Gasteiger partial charge is 0.490 e. The van der Waals surface area contributed by atoms with Gasteiger partial charge >= 0.3 is 0 Å². The molecule has 306 valence electrons. The minimum atomic E-state index is -0.449. The number of imidazole rings is 1. The minimum Gasteiger partial charge on any atom is -0.490 e. The number of halogens is 1. The van der Waals surface area contributed by atoms with Crippen molar-refractivity contribution in [1.29, 1.82) is 0 Å². The number of nitrogens with zero attached hydrogens (tertiary/aromatic N) is 5. The van der Waals surface area contributed by atoms with Crippen molar-refractivity contribution in [2.24, 2.45) is 5.41 Å². The summed E-state index contributed by atoms with van der Waals surface area (Å²) in [5, 5.41) is 13.7. The Morgan fingerprint density at radius 2 is 1.68 bits per heavy atom. The summed E-state index contributed by atoms with van der Waals surface area (Å²) >= 11 is 6.47. The van der Waals surface area contributed by atoms with Gasteiger partial charge in [0.05, 0.1) is 41.9 Å². The zero-order valence-electron chi connectivity index (χ0n) is 33.4. The molecule has 5 aliphatic rings. The lowest BCUT2D eigenvalue weighted by Crippen LogP contribution is -2.47. The molecule has 4 fully saturated rings. The van der Waals surface area contributed by atoms with Gasteiger partial charge in [-0.15, -0.1) is 5.10 Å². The van der Waals surface area contributed by atoms with E-state index in [0.29, 0.717) is 40.5 Å². The Hall–Kier alpha value is -5.69. The van der Waals surface area contributed by atoms with Gasteiger partial charge in [0.15, 0.2) is 17.2 Å². The normalized spacial score (nSPS) is 23.1. The Kier molecular flexibility index (Phi) is 10.6. The zero-order chi connectivity index (χ0) is 40.7. The molecule has 5 aromatic rings. The third-order valence-electron chi connectivity index (χ3n) is 12.4. The van der Waals surface area contributed by atoms with Crippen LogP contribution in [-0.2, 0) is 16.0 Å². The van der Waals surface area contributed by atoms with Gasteiger partial charge in [-0.2, -0.15) is 0 Å². The SMILES string of the molecule is C1CC1.CNC(=O)c1cnc2c(NC)cc(N3CCc4c(-c5ccc(OC6CC7(CCC(Oc8ccc(Cl)c(C9CCC(=O)NC9=O)c8)CC7)C6)cn5)cccc43)nn12. The predicted octanol–water partition coefficient (Wildman–Crippen LogP) is 7.78. The molecule has 1 atom stereocenters. The molecule has 13 nitrogen and oxygen atoms in total. The summed E-state index contributed by atoms with van der Waals surface area (Å²) in [6.07, 6.45) is 15.8. The maximum absolute atomic E-state index is 12.5. The lowest BCUT2D eigenvalue weighted by atomic mass is 9.59. The number of fused-ring (bicyclic) bond motifs is 2. The number of hydrogen-bond acceptors (Lipinski definition) is 10. The molecule has 3 amide bonds. The summed E-state index contributed by atoms with van der Waals surface area (Å²) in [5.74, 6) is 0.964. The van der Waals surface area contributed by atoms with Crippen LogP contribution in [0.3, 0.4) is 0 Å². The molecular formula is C45H49ClN8O5. The second kappa shape index (κ2) is 16.2. The summed E-state index contributed by atoms with van der Waals surface area (Å²) in [5.41, 5.74) is 6.95. The Labute approximate surface area is 348 Å². The third-order valence-corrected chi connectivity index (χ3v) is 12.7. The molecule has 59 heavy (non-hydrogen) atoms. The summed E-state index contributed by atoms with van der Waals surface area (Å²) in [6.45, 7) is 0.738. The molecule has 10 rings (SSSR count). The molecular weight excluding hydrogens is 768 g/mol. The average molecular weight is 817 g/mol. The van der Waals surface area contributed by atoms with Crippen LogP contribution in [0, 0.1) is 5.41 Å². The van der Waals surface area contributed by atoms with Gasteiger partial charge in [-0.1, -0.05) is 43.0 Å². The fourth-order valence-corrected chi connectivity index (χ4v) is 9.28. The van der Waals surface area contributed by atoms with Crippen LogP contribution in [0.5, 0.6) is 11.5 Å². The molecule has 3 aliphatic carbocycles. The first-order valence-electron chi connectivity index (χ1n) is 20.8. The minimum absolute atomic E-state index is 0.101. The van der Waals surface area contributed by atoms with E-state index in [0.717, 1.165) is 85.7 Å². The van der Waals surface area contributed by atoms with E-state index in [1.807, 2.05) is 49.6 Å². The van der Waals surface area contributed by atoms with Crippen molar-refractivity contribution in [3.05, 3.63) is 88.8 Å². The first-order chi connectivity index (χ1) is 28.7. The Bertz CT molecular complexity index is 2400. The van der Waals surface area contributed by atoms with Gasteiger partial charge in [0.2, 0.25) is 11.8 Å². The first-order valence-corrected chi connectivity index (χ1v) is 21.2. The Morgan fingerprint density at radius 3 is 2.39 bits per heavy atom. The number of amides is 3. The van der Waals surface area contributed by atoms with Crippen LogP contribution in [0.25, 0.3) is 16.9 Å². The van der Waals surface area contributed by atoms with Gasteiger partial charge < -0.3 is 25.0 Å². The number of imide groups is 1. The summed E-state index contributed by atoms with van der Waals surface area (Å²) in [4.78, 5) is 48.1. The quantitative estimate of drug-likeness (QED) is 0.126. The van der Waals surface area contributed by atoms with E-state index in [-0.39, 0.29) is 35.3 Å². The van der Waals surface area contributed by atoms with Crippen LogP contribution in [0.2, 0.25) is 5.02 Å². The maximum Gasteiger partial charge on any atom is 0.271 e. The van der Waals surface area contributed by atoms with Crippen molar-refractivity contribution in [2.75, 3.05) is 30.9 Å². The van der Waals surface area contributed by atoms with E-state index >= 15 is 0 Å². The number of nitrogens with one attached hydrogen (secondary N) is 3. The Balaban J connectivity index is 0.00000143. The number of piperidine rings is 1. The van der Waals surface area contributed by atoms with Crippen molar-refractivity contribution in [3.8, 4) is 22.8 Å². The third kappa shape index (κ3) is 7.92. The van der Waals surface area contributed by atoms with Crippen LogP contribution < -0.4 is 30.3 Å². The van der Waals surface area contributed by atoms with Crippen molar-refractivity contribution >= 4 is 52.2 Å². The number of aromatic nitrogens is 4. The molecule has 1 saturated heterocycles. The van der Waals surface area contributed by atoms with Crippen LogP contribution >= 0.6 is 11.6 Å². The van der Waals surface area contributed by atoms with E-state index in [1.165, 1.54) is 24.8 Å². The number of pyridine rings is 1. The van der Waals surface area contributed by atoms with Crippen molar-refractivity contribution in [2.45, 2.75) is 95.2 Å². The van der Waals surface area contributed by atoms with E-state index in [4.69, 9.17) is 31.2 Å². The molecule has 1 unspecified atom stereocenters. The number of carbonyl (C=O) groups is 3. The van der Waals surface area contributed by atoms with Crippen molar-refractivity contribution in [1.82, 2.24) is 30.2 Å². The number of benzene rings is 2. The van der Waals surface area contributed by atoms with Crippen LogP contribution in [0.15, 0.2) is 67.0 Å². The van der Waals surface area contributed by atoms with E-state index in [1.54, 1.807) is 23.8 Å². The predicted molar refractivity (Wildman–Crippen MR) is 226 cm³/mol.